The van der Waals surface area contributed by atoms with Crippen LogP contribution in [0.4, 0.5) is 5.69 Å². The molecule has 1 aromatic carbocycles. The molecule has 0 bridgehead atoms. The molecule has 0 aliphatic heterocycles. The standard InChI is InChI=1S/C10H10N4O2/c1-16-8-4-2-7(3-5-8)13-14-9(6-11)10(12)15/h2-5,9H,1H3,(H2,12,15). The van der Waals surface area contributed by atoms with Gasteiger partial charge in [-0.1, -0.05) is 0 Å². The number of amides is 1. The summed E-state index contributed by atoms with van der Waals surface area (Å²) in [5.41, 5.74) is 5.44. The van der Waals surface area contributed by atoms with Gasteiger partial charge in [-0.05, 0) is 24.3 Å². The summed E-state index contributed by atoms with van der Waals surface area (Å²) in [6.07, 6.45) is 0. The molecule has 0 fully saturated rings. The molecular formula is C10H10N4O2. The van der Waals surface area contributed by atoms with E-state index in [0.29, 0.717) is 11.4 Å². The Bertz CT molecular complexity index is 433. The second-order valence-electron chi connectivity index (χ2n) is 2.85. The Hall–Kier alpha value is -2.42. The van der Waals surface area contributed by atoms with Crippen molar-refractivity contribution in [3.8, 4) is 11.8 Å². The van der Waals surface area contributed by atoms with Gasteiger partial charge in [-0.2, -0.15) is 15.5 Å². The van der Waals surface area contributed by atoms with E-state index < -0.39 is 11.9 Å². The fourth-order valence-corrected chi connectivity index (χ4v) is 0.920. The summed E-state index contributed by atoms with van der Waals surface area (Å²) in [6, 6.07) is 7.08. The van der Waals surface area contributed by atoms with Gasteiger partial charge in [0, 0.05) is 0 Å². The number of methoxy groups -OCH3 is 1. The lowest BCUT2D eigenvalue weighted by Crippen LogP contribution is -2.24. The van der Waals surface area contributed by atoms with E-state index in [0.717, 1.165) is 0 Å². The first-order valence-electron chi connectivity index (χ1n) is 4.41. The number of ether oxygens (including phenoxy) is 1. The Balaban J connectivity index is 2.76. The molecule has 0 aromatic heterocycles. The van der Waals surface area contributed by atoms with Gasteiger partial charge in [0.2, 0.25) is 6.04 Å². The Morgan fingerprint density at radius 1 is 1.50 bits per heavy atom. The highest BCUT2D eigenvalue weighted by molar-refractivity contribution is 5.82. The van der Waals surface area contributed by atoms with Crippen LogP contribution in [0.5, 0.6) is 5.75 Å². The summed E-state index contributed by atoms with van der Waals surface area (Å²) >= 11 is 0. The number of rotatable bonds is 4. The summed E-state index contributed by atoms with van der Waals surface area (Å²) in [5, 5.41) is 15.8. The number of hydrogen-bond acceptors (Lipinski definition) is 5. The molecule has 1 rings (SSSR count). The summed E-state index contributed by atoms with van der Waals surface area (Å²) in [7, 11) is 1.55. The lowest BCUT2D eigenvalue weighted by molar-refractivity contribution is -0.118. The smallest absolute Gasteiger partial charge is 0.258 e. The van der Waals surface area contributed by atoms with Gasteiger partial charge in [0.25, 0.3) is 5.91 Å². The van der Waals surface area contributed by atoms with Crippen molar-refractivity contribution in [1.29, 1.82) is 5.26 Å². The van der Waals surface area contributed by atoms with Crippen molar-refractivity contribution in [3.05, 3.63) is 24.3 Å². The third kappa shape index (κ3) is 3.06. The zero-order valence-electron chi connectivity index (χ0n) is 8.62. The maximum Gasteiger partial charge on any atom is 0.258 e. The Morgan fingerprint density at radius 3 is 2.56 bits per heavy atom. The third-order valence-corrected chi connectivity index (χ3v) is 1.75. The van der Waals surface area contributed by atoms with Crippen molar-refractivity contribution in [1.82, 2.24) is 0 Å². The molecule has 82 valence electrons. The van der Waals surface area contributed by atoms with E-state index in [4.69, 9.17) is 15.7 Å². The van der Waals surface area contributed by atoms with Crippen molar-refractivity contribution in [2.75, 3.05) is 7.11 Å². The number of carbonyl (C=O) groups excluding carboxylic acids is 1. The molecule has 0 aliphatic carbocycles. The number of carbonyl (C=O) groups is 1. The fraction of sp³-hybridized carbons (Fsp3) is 0.200. The molecule has 0 heterocycles. The minimum atomic E-state index is -1.25. The van der Waals surface area contributed by atoms with Crippen LogP contribution in [-0.4, -0.2) is 19.1 Å². The maximum atomic E-state index is 10.7. The van der Waals surface area contributed by atoms with Crippen LogP contribution in [0.15, 0.2) is 34.5 Å². The minimum Gasteiger partial charge on any atom is -0.497 e. The molecule has 6 nitrogen and oxygen atoms in total. The Kier molecular flexibility index (Phi) is 3.98. The van der Waals surface area contributed by atoms with Crippen LogP contribution in [0, 0.1) is 11.3 Å². The highest BCUT2D eigenvalue weighted by atomic mass is 16.5. The van der Waals surface area contributed by atoms with E-state index >= 15 is 0 Å². The molecule has 1 unspecified atom stereocenters. The summed E-state index contributed by atoms with van der Waals surface area (Å²) < 4.78 is 4.96. The highest BCUT2D eigenvalue weighted by Gasteiger charge is 2.11. The summed E-state index contributed by atoms with van der Waals surface area (Å²) in [5.74, 6) is -0.134. The van der Waals surface area contributed by atoms with Crippen LogP contribution in [0.1, 0.15) is 0 Å². The molecule has 6 heteroatoms. The van der Waals surface area contributed by atoms with E-state index in [-0.39, 0.29) is 0 Å². The van der Waals surface area contributed by atoms with Crippen molar-refractivity contribution in [2.45, 2.75) is 6.04 Å². The van der Waals surface area contributed by atoms with Gasteiger partial charge in [-0.15, -0.1) is 0 Å². The number of benzene rings is 1. The molecule has 2 N–H and O–H groups in total. The lowest BCUT2D eigenvalue weighted by Gasteiger charge is -1.99. The topological polar surface area (TPSA) is 101 Å². The van der Waals surface area contributed by atoms with Crippen LogP contribution in [-0.2, 0) is 4.79 Å². The minimum absolute atomic E-state index is 0.516. The molecule has 16 heavy (non-hydrogen) atoms. The molecule has 1 atom stereocenters. The van der Waals surface area contributed by atoms with E-state index in [2.05, 4.69) is 10.2 Å². The predicted molar refractivity (Wildman–Crippen MR) is 56.1 cm³/mol. The highest BCUT2D eigenvalue weighted by Crippen LogP contribution is 2.18. The molecule has 0 radical (unpaired) electrons. The zero-order chi connectivity index (χ0) is 12.0. The second kappa shape index (κ2) is 5.46. The zero-order valence-corrected chi connectivity index (χ0v) is 8.62. The monoisotopic (exact) mass is 218 g/mol. The Morgan fingerprint density at radius 2 is 2.12 bits per heavy atom. The van der Waals surface area contributed by atoms with Gasteiger partial charge in [0.05, 0.1) is 12.8 Å². The number of nitriles is 1. The first-order valence-corrected chi connectivity index (χ1v) is 4.41. The molecule has 0 saturated heterocycles. The van der Waals surface area contributed by atoms with Crippen molar-refractivity contribution < 1.29 is 9.53 Å². The number of nitrogens with two attached hydrogens (primary N) is 1. The average molecular weight is 218 g/mol. The quantitative estimate of drug-likeness (QED) is 0.767. The van der Waals surface area contributed by atoms with Gasteiger partial charge >= 0.3 is 0 Å². The number of nitrogens with zero attached hydrogens (tertiary/aromatic N) is 3. The third-order valence-electron chi connectivity index (χ3n) is 1.75. The second-order valence-corrected chi connectivity index (χ2v) is 2.85. The number of azo groups is 1. The fourth-order valence-electron chi connectivity index (χ4n) is 0.920. The van der Waals surface area contributed by atoms with Gasteiger partial charge < -0.3 is 10.5 Å². The first kappa shape index (κ1) is 11.7. The van der Waals surface area contributed by atoms with Crippen molar-refractivity contribution >= 4 is 11.6 Å². The predicted octanol–water partition coefficient (Wildman–Crippen LogP) is 1.16. The first-order chi connectivity index (χ1) is 7.67. The van der Waals surface area contributed by atoms with Crippen molar-refractivity contribution in [2.24, 2.45) is 16.0 Å². The van der Waals surface area contributed by atoms with E-state index in [9.17, 15) is 4.79 Å². The maximum absolute atomic E-state index is 10.7. The Labute approximate surface area is 92.3 Å². The molecule has 1 amide bonds. The largest absolute Gasteiger partial charge is 0.497 e. The van der Waals surface area contributed by atoms with Gasteiger partial charge in [0.1, 0.15) is 11.8 Å². The van der Waals surface area contributed by atoms with Crippen LogP contribution >= 0.6 is 0 Å². The van der Waals surface area contributed by atoms with E-state index in [1.165, 1.54) is 0 Å². The average Bonchev–Trinajstić information content (AvgIpc) is 2.30. The normalized spacial score (nSPS) is 12.0. The SMILES string of the molecule is COc1ccc(N=NC(C#N)C(N)=O)cc1. The van der Waals surface area contributed by atoms with Crippen LogP contribution < -0.4 is 10.5 Å². The molecular weight excluding hydrogens is 208 g/mol. The van der Waals surface area contributed by atoms with Crippen LogP contribution in [0.3, 0.4) is 0 Å². The van der Waals surface area contributed by atoms with Gasteiger partial charge in [-0.3, -0.25) is 4.79 Å². The molecule has 0 spiro atoms. The number of primary amides is 1. The molecule has 1 aromatic rings. The van der Waals surface area contributed by atoms with Gasteiger partial charge in [0.15, 0.2) is 0 Å². The number of hydrogen-bond donors (Lipinski definition) is 1. The summed E-state index contributed by atoms with van der Waals surface area (Å²) in [6.45, 7) is 0. The van der Waals surface area contributed by atoms with Gasteiger partial charge in [-0.25, -0.2) is 0 Å². The molecule has 0 aliphatic rings. The van der Waals surface area contributed by atoms with E-state index in [1.54, 1.807) is 37.4 Å². The van der Waals surface area contributed by atoms with Crippen LogP contribution in [0.25, 0.3) is 0 Å². The van der Waals surface area contributed by atoms with E-state index in [1.807, 2.05) is 0 Å². The summed E-state index contributed by atoms with van der Waals surface area (Å²) in [4.78, 5) is 10.7. The van der Waals surface area contributed by atoms with Crippen LogP contribution in [0.2, 0.25) is 0 Å². The molecule has 0 saturated carbocycles. The van der Waals surface area contributed by atoms with Crippen molar-refractivity contribution in [3.63, 3.8) is 0 Å². The lowest BCUT2D eigenvalue weighted by atomic mass is 10.3.